The van der Waals surface area contributed by atoms with E-state index in [2.05, 4.69) is 10.3 Å². The molecular weight excluding hydrogens is 196 g/mol. The third-order valence-electron chi connectivity index (χ3n) is 2.48. The fraction of sp³-hybridized carbons (Fsp3) is 0.700. The first-order valence-corrected chi connectivity index (χ1v) is 6.22. The Balaban J connectivity index is 1.94. The lowest BCUT2D eigenvalue weighted by Gasteiger charge is -2.00. The van der Waals surface area contributed by atoms with Crippen LogP contribution in [0.5, 0.6) is 0 Å². The first-order valence-electron chi connectivity index (χ1n) is 5.07. The van der Waals surface area contributed by atoms with Gasteiger partial charge in [-0.25, -0.2) is 4.98 Å². The van der Waals surface area contributed by atoms with E-state index in [0.717, 1.165) is 24.6 Å². The zero-order chi connectivity index (χ0) is 9.80. The third-order valence-corrected chi connectivity index (χ3v) is 3.64. The van der Waals surface area contributed by atoms with Gasteiger partial charge in [-0.2, -0.15) is 11.8 Å². The molecule has 1 atom stereocenters. The van der Waals surface area contributed by atoms with Gasteiger partial charge in [-0.3, -0.25) is 0 Å². The molecule has 3 nitrogen and oxygen atoms in total. The number of likely N-dealkylation sites (N-methyl/N-ethyl adjacent to an activating group) is 1. The van der Waals surface area contributed by atoms with Crippen LogP contribution in [0, 0.1) is 0 Å². The minimum Gasteiger partial charge on any atom is -0.448 e. The molecule has 0 bridgehead atoms. The topological polar surface area (TPSA) is 38.1 Å². The Morgan fingerprint density at radius 2 is 2.64 bits per heavy atom. The molecule has 0 aliphatic carbocycles. The average Bonchev–Trinajstić information content (AvgIpc) is 2.85. The standard InChI is InChI=1S/C10H16N2OS/c1-11-4-2-9-6-13-10(12-9)8-3-5-14-7-8/h6,8,11H,2-5,7H2,1H3. The summed E-state index contributed by atoms with van der Waals surface area (Å²) in [5.41, 5.74) is 1.08. The van der Waals surface area contributed by atoms with Crippen LogP contribution >= 0.6 is 11.8 Å². The van der Waals surface area contributed by atoms with Crippen LogP contribution in [0.25, 0.3) is 0 Å². The minimum atomic E-state index is 0.559. The molecule has 14 heavy (non-hydrogen) atoms. The summed E-state index contributed by atoms with van der Waals surface area (Å²) in [4.78, 5) is 4.51. The van der Waals surface area contributed by atoms with E-state index in [9.17, 15) is 0 Å². The summed E-state index contributed by atoms with van der Waals surface area (Å²) in [6.45, 7) is 0.964. The number of rotatable bonds is 4. The normalized spacial score (nSPS) is 21.6. The van der Waals surface area contributed by atoms with E-state index in [1.165, 1.54) is 17.9 Å². The first kappa shape index (κ1) is 10.1. The van der Waals surface area contributed by atoms with Crippen LogP contribution in [0.3, 0.4) is 0 Å². The maximum Gasteiger partial charge on any atom is 0.198 e. The minimum absolute atomic E-state index is 0.559. The zero-order valence-corrected chi connectivity index (χ0v) is 9.27. The van der Waals surface area contributed by atoms with E-state index in [4.69, 9.17) is 4.42 Å². The highest BCUT2D eigenvalue weighted by molar-refractivity contribution is 7.99. The Hall–Kier alpha value is -0.480. The largest absolute Gasteiger partial charge is 0.448 e. The molecular formula is C10H16N2OS. The molecule has 2 heterocycles. The van der Waals surface area contributed by atoms with Crippen molar-refractivity contribution in [1.29, 1.82) is 0 Å². The molecule has 1 unspecified atom stereocenters. The summed E-state index contributed by atoms with van der Waals surface area (Å²) in [5, 5.41) is 3.11. The van der Waals surface area contributed by atoms with Gasteiger partial charge in [0.1, 0.15) is 6.26 Å². The number of oxazole rings is 1. The van der Waals surface area contributed by atoms with E-state index in [1.54, 1.807) is 6.26 Å². The third kappa shape index (κ3) is 2.30. The van der Waals surface area contributed by atoms with Crippen LogP contribution in [-0.4, -0.2) is 30.1 Å². The molecule has 0 amide bonds. The van der Waals surface area contributed by atoms with Crippen molar-refractivity contribution in [2.24, 2.45) is 0 Å². The Labute approximate surface area is 88.7 Å². The molecule has 1 fully saturated rings. The quantitative estimate of drug-likeness (QED) is 0.823. The molecule has 0 aromatic carbocycles. The van der Waals surface area contributed by atoms with Crippen molar-refractivity contribution in [1.82, 2.24) is 10.3 Å². The van der Waals surface area contributed by atoms with Gasteiger partial charge >= 0.3 is 0 Å². The Morgan fingerprint density at radius 1 is 1.71 bits per heavy atom. The van der Waals surface area contributed by atoms with Crippen LogP contribution in [0.15, 0.2) is 10.7 Å². The fourth-order valence-corrected chi connectivity index (χ4v) is 2.82. The van der Waals surface area contributed by atoms with Gasteiger partial charge < -0.3 is 9.73 Å². The monoisotopic (exact) mass is 212 g/mol. The van der Waals surface area contributed by atoms with E-state index in [1.807, 2.05) is 18.8 Å². The van der Waals surface area contributed by atoms with Crippen LogP contribution < -0.4 is 5.32 Å². The first-order chi connectivity index (χ1) is 6.90. The van der Waals surface area contributed by atoms with E-state index in [-0.39, 0.29) is 0 Å². The second-order valence-corrected chi connectivity index (χ2v) is 4.74. The number of hydrogen-bond acceptors (Lipinski definition) is 4. The smallest absolute Gasteiger partial charge is 0.198 e. The number of hydrogen-bond donors (Lipinski definition) is 1. The van der Waals surface area contributed by atoms with Gasteiger partial charge in [0.15, 0.2) is 5.89 Å². The Bertz CT molecular complexity index is 281. The summed E-state index contributed by atoms with van der Waals surface area (Å²) < 4.78 is 5.49. The summed E-state index contributed by atoms with van der Waals surface area (Å²) in [7, 11) is 1.95. The number of nitrogens with one attached hydrogen (secondary N) is 1. The molecule has 4 heteroatoms. The molecule has 1 N–H and O–H groups in total. The molecule has 0 radical (unpaired) electrons. The molecule has 1 saturated heterocycles. The number of thioether (sulfide) groups is 1. The summed E-state index contributed by atoms with van der Waals surface area (Å²) in [6.07, 6.45) is 3.98. The van der Waals surface area contributed by atoms with Crippen molar-refractivity contribution in [3.05, 3.63) is 17.8 Å². The predicted molar refractivity (Wildman–Crippen MR) is 58.8 cm³/mol. The van der Waals surface area contributed by atoms with Crippen molar-refractivity contribution in [3.8, 4) is 0 Å². The van der Waals surface area contributed by atoms with Crippen LogP contribution in [0.4, 0.5) is 0 Å². The molecule has 1 aliphatic rings. The van der Waals surface area contributed by atoms with Gasteiger partial charge in [-0.1, -0.05) is 0 Å². The number of nitrogens with zero attached hydrogens (tertiary/aromatic N) is 1. The lowest BCUT2D eigenvalue weighted by Crippen LogP contribution is -2.10. The SMILES string of the molecule is CNCCc1coc(C2CCSC2)n1. The second kappa shape index (κ2) is 4.84. The van der Waals surface area contributed by atoms with Crippen LogP contribution in [0.1, 0.15) is 23.9 Å². The predicted octanol–water partition coefficient (Wildman–Crippen LogP) is 1.66. The molecule has 2 rings (SSSR count). The summed E-state index contributed by atoms with van der Waals surface area (Å²) in [5.74, 6) is 3.93. The highest BCUT2D eigenvalue weighted by Gasteiger charge is 2.21. The van der Waals surface area contributed by atoms with Crippen molar-refractivity contribution in [2.75, 3.05) is 25.1 Å². The average molecular weight is 212 g/mol. The second-order valence-electron chi connectivity index (χ2n) is 3.59. The van der Waals surface area contributed by atoms with Gasteiger partial charge in [0.2, 0.25) is 0 Å². The lowest BCUT2D eigenvalue weighted by atomic mass is 10.1. The Morgan fingerprint density at radius 3 is 3.36 bits per heavy atom. The van der Waals surface area contributed by atoms with Gasteiger partial charge in [-0.15, -0.1) is 0 Å². The maximum absolute atomic E-state index is 5.49. The number of aromatic nitrogens is 1. The fourth-order valence-electron chi connectivity index (χ4n) is 1.61. The van der Waals surface area contributed by atoms with E-state index < -0.39 is 0 Å². The lowest BCUT2D eigenvalue weighted by molar-refractivity contribution is 0.461. The van der Waals surface area contributed by atoms with Crippen LogP contribution in [0.2, 0.25) is 0 Å². The van der Waals surface area contributed by atoms with Crippen molar-refractivity contribution in [2.45, 2.75) is 18.8 Å². The van der Waals surface area contributed by atoms with Gasteiger partial charge in [0.05, 0.1) is 5.69 Å². The van der Waals surface area contributed by atoms with Gasteiger partial charge in [0, 0.05) is 24.6 Å². The highest BCUT2D eigenvalue weighted by atomic mass is 32.2. The molecule has 1 aromatic rings. The van der Waals surface area contributed by atoms with E-state index >= 15 is 0 Å². The molecule has 78 valence electrons. The maximum atomic E-state index is 5.49. The summed E-state index contributed by atoms with van der Waals surface area (Å²) >= 11 is 1.99. The molecule has 1 aromatic heterocycles. The molecule has 0 spiro atoms. The van der Waals surface area contributed by atoms with Crippen molar-refractivity contribution >= 4 is 11.8 Å². The molecule has 1 aliphatic heterocycles. The van der Waals surface area contributed by atoms with Gasteiger partial charge in [-0.05, 0) is 19.2 Å². The zero-order valence-electron chi connectivity index (χ0n) is 8.45. The summed E-state index contributed by atoms with van der Waals surface area (Å²) in [6, 6.07) is 0. The highest BCUT2D eigenvalue weighted by Crippen LogP contribution is 2.31. The van der Waals surface area contributed by atoms with Gasteiger partial charge in [0.25, 0.3) is 0 Å². The van der Waals surface area contributed by atoms with Crippen molar-refractivity contribution < 1.29 is 4.42 Å². The molecule has 0 saturated carbocycles. The van der Waals surface area contributed by atoms with Crippen LogP contribution in [-0.2, 0) is 6.42 Å². The van der Waals surface area contributed by atoms with Crippen molar-refractivity contribution in [3.63, 3.8) is 0 Å². The Kier molecular flexibility index (Phi) is 3.48. The van der Waals surface area contributed by atoms with E-state index in [0.29, 0.717) is 5.92 Å².